The molecule has 2 aromatic rings. The highest BCUT2D eigenvalue weighted by atomic mass is 16.5. The summed E-state index contributed by atoms with van der Waals surface area (Å²) in [5.41, 5.74) is 3.72. The third-order valence-corrected chi connectivity index (χ3v) is 4.50. The zero-order chi connectivity index (χ0) is 18.7. The number of methoxy groups -OCH3 is 2. The summed E-state index contributed by atoms with van der Waals surface area (Å²) < 4.78 is 9.30. The average Bonchev–Trinajstić information content (AvgIpc) is 3.01. The monoisotopic (exact) mass is 353 g/mol. The Hall–Kier alpha value is -3.15. The summed E-state index contributed by atoms with van der Waals surface area (Å²) in [6.45, 7) is 0. The van der Waals surface area contributed by atoms with E-state index in [9.17, 15) is 14.4 Å². The number of nitrogens with one attached hydrogen (secondary N) is 1. The van der Waals surface area contributed by atoms with Crippen LogP contribution in [0, 0.1) is 0 Å². The van der Waals surface area contributed by atoms with Gasteiger partial charge < -0.3 is 14.8 Å². The normalized spacial score (nSPS) is 13.3. The molecule has 0 aliphatic heterocycles. The van der Waals surface area contributed by atoms with Crippen LogP contribution in [0.25, 0.3) is 11.1 Å². The Morgan fingerprint density at radius 3 is 1.96 bits per heavy atom. The van der Waals surface area contributed by atoms with E-state index in [0.717, 1.165) is 22.3 Å². The van der Waals surface area contributed by atoms with Crippen LogP contribution in [0.15, 0.2) is 48.5 Å². The molecule has 1 aliphatic rings. The van der Waals surface area contributed by atoms with Crippen LogP contribution >= 0.6 is 0 Å². The second-order valence-electron chi connectivity index (χ2n) is 5.97. The lowest BCUT2D eigenvalue weighted by Gasteiger charge is -2.19. The van der Waals surface area contributed by atoms with Gasteiger partial charge in [-0.25, -0.2) is 4.79 Å². The van der Waals surface area contributed by atoms with Gasteiger partial charge in [0.15, 0.2) is 0 Å². The minimum atomic E-state index is -1.10. The van der Waals surface area contributed by atoms with Gasteiger partial charge in [0.25, 0.3) is 0 Å². The van der Waals surface area contributed by atoms with E-state index in [4.69, 9.17) is 4.74 Å². The highest BCUT2D eigenvalue weighted by Gasteiger charge is 2.36. The minimum Gasteiger partial charge on any atom is -0.469 e. The number of hydrogen-bond donors (Lipinski definition) is 1. The maximum absolute atomic E-state index is 13.0. The third-order valence-electron chi connectivity index (χ3n) is 4.50. The fourth-order valence-electron chi connectivity index (χ4n) is 3.28. The van der Waals surface area contributed by atoms with Crippen molar-refractivity contribution in [3.63, 3.8) is 0 Å². The van der Waals surface area contributed by atoms with E-state index in [1.165, 1.54) is 14.2 Å². The van der Waals surface area contributed by atoms with E-state index in [0.29, 0.717) is 0 Å². The molecule has 0 bridgehead atoms. The molecule has 0 unspecified atom stereocenters. The van der Waals surface area contributed by atoms with Crippen LogP contribution in [0.4, 0.5) is 0 Å². The van der Waals surface area contributed by atoms with Crippen molar-refractivity contribution < 1.29 is 23.9 Å². The Balaban J connectivity index is 1.91. The summed E-state index contributed by atoms with van der Waals surface area (Å²) >= 11 is 0. The summed E-state index contributed by atoms with van der Waals surface area (Å²) in [6, 6.07) is 14.2. The van der Waals surface area contributed by atoms with E-state index in [2.05, 4.69) is 10.1 Å². The number of fused-ring (bicyclic) bond motifs is 3. The van der Waals surface area contributed by atoms with Gasteiger partial charge in [0.2, 0.25) is 5.91 Å². The molecule has 1 amide bonds. The van der Waals surface area contributed by atoms with E-state index in [1.54, 1.807) is 0 Å². The molecule has 2 aromatic carbocycles. The summed E-state index contributed by atoms with van der Waals surface area (Å²) in [4.78, 5) is 36.5. The number of benzene rings is 2. The van der Waals surface area contributed by atoms with Crippen molar-refractivity contribution in [2.75, 3.05) is 14.2 Å². The van der Waals surface area contributed by atoms with E-state index >= 15 is 0 Å². The van der Waals surface area contributed by atoms with Crippen LogP contribution < -0.4 is 5.32 Å². The molecule has 0 saturated carbocycles. The van der Waals surface area contributed by atoms with Crippen LogP contribution in [0.5, 0.6) is 0 Å². The van der Waals surface area contributed by atoms with Crippen molar-refractivity contribution in [3.05, 3.63) is 59.7 Å². The largest absolute Gasteiger partial charge is 0.469 e. The predicted molar refractivity (Wildman–Crippen MR) is 94.3 cm³/mol. The third kappa shape index (κ3) is 3.18. The van der Waals surface area contributed by atoms with E-state index < -0.39 is 23.9 Å². The van der Waals surface area contributed by atoms with Gasteiger partial charge >= 0.3 is 11.9 Å². The van der Waals surface area contributed by atoms with Crippen molar-refractivity contribution in [2.45, 2.75) is 18.4 Å². The van der Waals surface area contributed by atoms with Gasteiger partial charge in [-0.1, -0.05) is 48.5 Å². The number of ether oxygens (including phenoxy) is 2. The second-order valence-corrected chi connectivity index (χ2v) is 5.97. The Labute approximate surface area is 151 Å². The van der Waals surface area contributed by atoms with Gasteiger partial charge in [0.1, 0.15) is 6.04 Å². The summed E-state index contributed by atoms with van der Waals surface area (Å²) in [5.74, 6) is -2.20. The molecule has 0 fully saturated rings. The highest BCUT2D eigenvalue weighted by Crippen LogP contribution is 2.44. The first-order chi connectivity index (χ1) is 12.6. The van der Waals surface area contributed by atoms with Crippen LogP contribution in [0.3, 0.4) is 0 Å². The van der Waals surface area contributed by atoms with E-state index in [-0.39, 0.29) is 12.3 Å². The molecule has 0 aromatic heterocycles. The Morgan fingerprint density at radius 1 is 0.923 bits per heavy atom. The van der Waals surface area contributed by atoms with Gasteiger partial charge in [0.05, 0.1) is 26.6 Å². The van der Waals surface area contributed by atoms with Crippen molar-refractivity contribution in [3.8, 4) is 11.1 Å². The topological polar surface area (TPSA) is 81.7 Å². The molecular formula is C20H19NO5. The molecule has 134 valence electrons. The summed E-state index contributed by atoms with van der Waals surface area (Å²) in [6.07, 6.45) is -0.287. The maximum atomic E-state index is 13.0. The van der Waals surface area contributed by atoms with Crippen molar-refractivity contribution in [2.24, 2.45) is 0 Å². The van der Waals surface area contributed by atoms with Crippen LogP contribution in [0.2, 0.25) is 0 Å². The smallest absolute Gasteiger partial charge is 0.328 e. The molecule has 26 heavy (non-hydrogen) atoms. The lowest BCUT2D eigenvalue weighted by Crippen LogP contribution is -2.45. The fourth-order valence-corrected chi connectivity index (χ4v) is 3.28. The van der Waals surface area contributed by atoms with Crippen molar-refractivity contribution in [1.82, 2.24) is 5.32 Å². The predicted octanol–water partition coefficient (Wildman–Crippen LogP) is 2.02. The fraction of sp³-hybridized carbons (Fsp3) is 0.250. The van der Waals surface area contributed by atoms with Gasteiger partial charge in [-0.3, -0.25) is 9.59 Å². The maximum Gasteiger partial charge on any atom is 0.328 e. The lowest BCUT2D eigenvalue weighted by molar-refractivity contribution is -0.150. The Morgan fingerprint density at radius 2 is 1.46 bits per heavy atom. The first-order valence-corrected chi connectivity index (χ1v) is 8.20. The molecule has 0 spiro atoms. The standard InChI is InChI=1S/C20H19NO5/c1-25-17(22)11-16(20(24)26-2)21-19(23)18-14-9-5-3-7-12(14)13-8-4-6-10-15(13)18/h3-10,16,18H,11H2,1-2H3,(H,21,23)/t16-/m1/s1. The first-order valence-electron chi connectivity index (χ1n) is 8.20. The molecule has 0 heterocycles. The molecule has 1 atom stereocenters. The number of esters is 2. The van der Waals surface area contributed by atoms with Gasteiger partial charge in [-0.05, 0) is 22.3 Å². The molecular weight excluding hydrogens is 334 g/mol. The quantitative estimate of drug-likeness (QED) is 0.832. The van der Waals surface area contributed by atoms with Gasteiger partial charge in [0, 0.05) is 0 Å². The molecule has 6 heteroatoms. The lowest BCUT2D eigenvalue weighted by atomic mass is 9.95. The zero-order valence-corrected chi connectivity index (χ0v) is 14.5. The number of carbonyl (C=O) groups excluding carboxylic acids is 3. The van der Waals surface area contributed by atoms with Gasteiger partial charge in [-0.15, -0.1) is 0 Å². The average molecular weight is 353 g/mol. The molecule has 0 radical (unpaired) electrons. The zero-order valence-electron chi connectivity index (χ0n) is 14.5. The molecule has 3 rings (SSSR count). The van der Waals surface area contributed by atoms with Crippen LogP contribution in [0.1, 0.15) is 23.5 Å². The van der Waals surface area contributed by atoms with Crippen molar-refractivity contribution in [1.29, 1.82) is 0 Å². The number of hydrogen-bond acceptors (Lipinski definition) is 5. The van der Waals surface area contributed by atoms with Crippen LogP contribution in [-0.4, -0.2) is 38.1 Å². The Kier molecular flexibility index (Phi) is 5.02. The summed E-state index contributed by atoms with van der Waals surface area (Å²) in [7, 11) is 2.43. The first kappa shape index (κ1) is 17.7. The highest BCUT2D eigenvalue weighted by molar-refractivity contribution is 5.98. The SMILES string of the molecule is COC(=O)C[C@@H](NC(=O)C1c2ccccc2-c2ccccc21)C(=O)OC. The number of amides is 1. The molecule has 1 aliphatic carbocycles. The van der Waals surface area contributed by atoms with Crippen LogP contribution in [-0.2, 0) is 23.9 Å². The molecule has 6 nitrogen and oxygen atoms in total. The minimum absolute atomic E-state index is 0.287. The van der Waals surface area contributed by atoms with Crippen molar-refractivity contribution >= 4 is 17.8 Å². The second kappa shape index (κ2) is 7.39. The Bertz CT molecular complexity index is 815. The van der Waals surface area contributed by atoms with E-state index in [1.807, 2.05) is 48.5 Å². The van der Waals surface area contributed by atoms with Gasteiger partial charge in [-0.2, -0.15) is 0 Å². The molecule has 1 N–H and O–H groups in total. The molecule has 0 saturated heterocycles. The number of rotatable bonds is 5. The number of carbonyl (C=O) groups is 3. The summed E-state index contributed by atoms with van der Waals surface area (Å²) in [5, 5.41) is 2.64.